The number of benzene rings is 1. The number of hydrogen-bond acceptors (Lipinski definition) is 1. The Bertz CT molecular complexity index is 368. The molecule has 0 bridgehead atoms. The van der Waals surface area contributed by atoms with E-state index in [4.69, 9.17) is 0 Å². The minimum atomic E-state index is -4.08. The van der Waals surface area contributed by atoms with Crippen LogP contribution < -0.4 is 5.32 Å². The molecular weight excluding hydrogens is 363 g/mol. The Kier molecular flexibility index (Phi) is 5.31. The van der Waals surface area contributed by atoms with Crippen LogP contribution in [0.5, 0.6) is 0 Å². The summed E-state index contributed by atoms with van der Waals surface area (Å²) in [5.74, 6) is 0. The van der Waals surface area contributed by atoms with Gasteiger partial charge >= 0.3 is 6.18 Å². The average molecular weight is 375 g/mol. The van der Waals surface area contributed by atoms with Crippen LogP contribution in [-0.4, -0.2) is 12.7 Å². The molecule has 0 aliphatic carbocycles. The Balaban J connectivity index is 2.53. The zero-order chi connectivity index (χ0) is 13.1. The molecule has 1 aromatic rings. The molecule has 6 heteroatoms. The van der Waals surface area contributed by atoms with Crippen LogP contribution in [0.15, 0.2) is 21.1 Å². The standard InChI is InChI=1S/C11H12Br2F3N/c1-7-5-8(12)10(9(13)6-7)17-4-2-3-11(14,15)16/h5-6,17H,2-4H2,1H3. The molecule has 0 unspecified atom stereocenters. The van der Waals surface area contributed by atoms with Gasteiger partial charge in [-0.05, 0) is 62.9 Å². The van der Waals surface area contributed by atoms with E-state index in [1.807, 2.05) is 19.1 Å². The number of alkyl halides is 3. The van der Waals surface area contributed by atoms with E-state index in [9.17, 15) is 13.2 Å². The molecular formula is C11H12Br2F3N. The maximum atomic E-state index is 11.9. The third kappa shape index (κ3) is 5.29. The molecule has 0 atom stereocenters. The lowest BCUT2D eigenvalue weighted by molar-refractivity contribution is -0.134. The van der Waals surface area contributed by atoms with Crippen molar-refractivity contribution in [3.8, 4) is 0 Å². The second-order valence-corrected chi connectivity index (χ2v) is 5.46. The summed E-state index contributed by atoms with van der Waals surface area (Å²) in [5, 5.41) is 2.99. The minimum Gasteiger partial charge on any atom is -0.383 e. The summed E-state index contributed by atoms with van der Waals surface area (Å²) < 4.78 is 37.5. The van der Waals surface area contributed by atoms with Crippen molar-refractivity contribution >= 4 is 37.5 Å². The van der Waals surface area contributed by atoms with E-state index in [0.717, 1.165) is 20.2 Å². The van der Waals surface area contributed by atoms with Crippen molar-refractivity contribution in [2.75, 3.05) is 11.9 Å². The van der Waals surface area contributed by atoms with Gasteiger partial charge in [0, 0.05) is 21.9 Å². The van der Waals surface area contributed by atoms with E-state index in [2.05, 4.69) is 37.2 Å². The van der Waals surface area contributed by atoms with Gasteiger partial charge in [0.05, 0.1) is 5.69 Å². The molecule has 0 saturated carbocycles. The highest BCUT2D eigenvalue weighted by Crippen LogP contribution is 2.32. The molecule has 1 nitrogen and oxygen atoms in total. The number of hydrogen-bond donors (Lipinski definition) is 1. The first-order valence-corrected chi connectivity index (χ1v) is 6.64. The molecule has 0 amide bonds. The summed E-state index contributed by atoms with van der Waals surface area (Å²) in [6.07, 6.45) is -4.78. The first-order chi connectivity index (χ1) is 7.79. The summed E-state index contributed by atoms with van der Waals surface area (Å²) in [6, 6.07) is 3.83. The summed E-state index contributed by atoms with van der Waals surface area (Å²) >= 11 is 6.75. The lowest BCUT2D eigenvalue weighted by atomic mass is 10.2. The number of halogens is 5. The van der Waals surface area contributed by atoms with Crippen molar-refractivity contribution in [1.82, 2.24) is 0 Å². The van der Waals surface area contributed by atoms with Gasteiger partial charge < -0.3 is 5.32 Å². The quantitative estimate of drug-likeness (QED) is 0.707. The van der Waals surface area contributed by atoms with Gasteiger partial charge in [-0.15, -0.1) is 0 Å². The van der Waals surface area contributed by atoms with Crippen molar-refractivity contribution in [3.05, 3.63) is 26.6 Å². The van der Waals surface area contributed by atoms with Crippen LogP contribution in [-0.2, 0) is 0 Å². The second kappa shape index (κ2) is 6.09. The fourth-order valence-corrected chi connectivity index (χ4v) is 3.07. The number of aryl methyl sites for hydroxylation is 1. The van der Waals surface area contributed by atoms with Gasteiger partial charge in [0.25, 0.3) is 0 Å². The molecule has 0 heterocycles. The van der Waals surface area contributed by atoms with Crippen molar-refractivity contribution < 1.29 is 13.2 Å². The van der Waals surface area contributed by atoms with Crippen LogP contribution in [0.1, 0.15) is 18.4 Å². The van der Waals surface area contributed by atoms with Gasteiger partial charge in [-0.2, -0.15) is 13.2 Å². The number of anilines is 1. The van der Waals surface area contributed by atoms with Gasteiger partial charge in [-0.25, -0.2) is 0 Å². The van der Waals surface area contributed by atoms with E-state index in [-0.39, 0.29) is 6.42 Å². The molecule has 0 aliphatic heterocycles. The largest absolute Gasteiger partial charge is 0.389 e. The van der Waals surface area contributed by atoms with Crippen molar-refractivity contribution in [1.29, 1.82) is 0 Å². The highest BCUT2D eigenvalue weighted by molar-refractivity contribution is 9.11. The molecule has 1 rings (SSSR count). The van der Waals surface area contributed by atoms with E-state index in [1.54, 1.807) is 0 Å². The predicted octanol–water partition coefficient (Wildman–Crippen LogP) is 5.27. The Morgan fingerprint density at radius 3 is 2.18 bits per heavy atom. The van der Waals surface area contributed by atoms with Crippen LogP contribution in [0, 0.1) is 6.92 Å². The third-order valence-electron chi connectivity index (χ3n) is 2.13. The molecule has 0 radical (unpaired) electrons. The smallest absolute Gasteiger partial charge is 0.383 e. The van der Waals surface area contributed by atoms with Crippen LogP contribution in [0.2, 0.25) is 0 Å². The van der Waals surface area contributed by atoms with Gasteiger partial charge in [-0.1, -0.05) is 0 Å². The van der Waals surface area contributed by atoms with E-state index < -0.39 is 12.6 Å². The summed E-state index contributed by atoms with van der Waals surface area (Å²) in [5.41, 5.74) is 1.86. The lowest BCUT2D eigenvalue weighted by Crippen LogP contribution is -2.11. The molecule has 0 saturated heterocycles. The molecule has 1 N–H and O–H groups in total. The number of rotatable bonds is 4. The Morgan fingerprint density at radius 2 is 1.71 bits per heavy atom. The molecule has 0 aliphatic rings. The maximum absolute atomic E-state index is 11.9. The fraction of sp³-hybridized carbons (Fsp3) is 0.455. The van der Waals surface area contributed by atoms with Crippen LogP contribution in [0.4, 0.5) is 18.9 Å². The molecule has 96 valence electrons. The predicted molar refractivity (Wildman–Crippen MR) is 70.4 cm³/mol. The van der Waals surface area contributed by atoms with Crippen molar-refractivity contribution in [2.45, 2.75) is 25.9 Å². The molecule has 0 aromatic heterocycles. The second-order valence-electron chi connectivity index (χ2n) is 3.75. The van der Waals surface area contributed by atoms with Crippen LogP contribution >= 0.6 is 31.9 Å². The summed E-state index contributed by atoms with van der Waals surface area (Å²) in [6.45, 7) is 2.24. The van der Waals surface area contributed by atoms with Gasteiger partial charge in [-0.3, -0.25) is 0 Å². The molecule has 0 spiro atoms. The normalized spacial score (nSPS) is 11.6. The molecule has 0 fully saturated rings. The molecule has 1 aromatic carbocycles. The highest BCUT2D eigenvalue weighted by Gasteiger charge is 2.25. The summed E-state index contributed by atoms with van der Waals surface area (Å²) in [4.78, 5) is 0. The lowest BCUT2D eigenvalue weighted by Gasteiger charge is -2.12. The minimum absolute atomic E-state index is 0.0657. The topological polar surface area (TPSA) is 12.0 Å². The van der Waals surface area contributed by atoms with Gasteiger partial charge in [0.1, 0.15) is 0 Å². The van der Waals surface area contributed by atoms with Crippen molar-refractivity contribution in [3.63, 3.8) is 0 Å². The maximum Gasteiger partial charge on any atom is 0.389 e. The Hall–Kier alpha value is -0.230. The van der Waals surface area contributed by atoms with Gasteiger partial charge in [0.15, 0.2) is 0 Å². The first kappa shape index (κ1) is 14.8. The van der Waals surface area contributed by atoms with Crippen molar-refractivity contribution in [2.24, 2.45) is 0 Å². The first-order valence-electron chi connectivity index (χ1n) is 5.06. The third-order valence-corrected chi connectivity index (χ3v) is 3.38. The zero-order valence-electron chi connectivity index (χ0n) is 9.17. The SMILES string of the molecule is Cc1cc(Br)c(NCCCC(F)(F)F)c(Br)c1. The molecule has 17 heavy (non-hydrogen) atoms. The zero-order valence-corrected chi connectivity index (χ0v) is 12.3. The highest BCUT2D eigenvalue weighted by atomic mass is 79.9. The van der Waals surface area contributed by atoms with Crippen LogP contribution in [0.3, 0.4) is 0 Å². The summed E-state index contributed by atoms with van der Waals surface area (Å²) in [7, 11) is 0. The van der Waals surface area contributed by atoms with Crippen LogP contribution in [0.25, 0.3) is 0 Å². The van der Waals surface area contributed by atoms with Gasteiger partial charge in [0.2, 0.25) is 0 Å². The average Bonchev–Trinajstić information content (AvgIpc) is 2.13. The van der Waals surface area contributed by atoms with E-state index in [0.29, 0.717) is 6.54 Å². The van der Waals surface area contributed by atoms with E-state index >= 15 is 0 Å². The monoisotopic (exact) mass is 373 g/mol. The Morgan fingerprint density at radius 1 is 1.18 bits per heavy atom. The van der Waals surface area contributed by atoms with E-state index in [1.165, 1.54) is 0 Å². The number of nitrogens with one attached hydrogen (secondary N) is 1. The fourth-order valence-electron chi connectivity index (χ4n) is 1.37. The Labute approximate surface area is 115 Å².